The van der Waals surface area contributed by atoms with Crippen molar-refractivity contribution < 1.29 is 14.3 Å². The molecule has 1 aromatic carbocycles. The number of benzene rings is 1. The third kappa shape index (κ3) is 3.81. The lowest BCUT2D eigenvalue weighted by molar-refractivity contribution is 0.0576. The molecule has 0 atom stereocenters. The zero-order chi connectivity index (χ0) is 21.1. The summed E-state index contributed by atoms with van der Waals surface area (Å²) < 4.78 is 5.34. The van der Waals surface area contributed by atoms with E-state index in [2.05, 4.69) is 10.2 Å². The largest absolute Gasteiger partial charge is 0.497 e. The van der Waals surface area contributed by atoms with E-state index in [1.54, 1.807) is 18.2 Å². The molecule has 0 aromatic heterocycles. The Balaban J connectivity index is 2.52. The minimum absolute atomic E-state index is 0.0289. The van der Waals surface area contributed by atoms with E-state index >= 15 is 0 Å². The summed E-state index contributed by atoms with van der Waals surface area (Å²) in [6, 6.07) is 6.73. The molecular weight excluding hydrogens is 356 g/mol. The maximum Gasteiger partial charge on any atom is 0.264 e. The van der Waals surface area contributed by atoms with Crippen molar-refractivity contribution in [2.75, 3.05) is 7.11 Å². The van der Waals surface area contributed by atoms with Gasteiger partial charge in [-0.2, -0.15) is 5.26 Å². The average Bonchev–Trinajstić information content (AvgIpc) is 2.91. The van der Waals surface area contributed by atoms with Gasteiger partial charge >= 0.3 is 0 Å². The topological polar surface area (TPSA) is 95.1 Å². The highest BCUT2D eigenvalue weighted by Gasteiger charge is 2.40. The van der Waals surface area contributed by atoms with E-state index in [0.29, 0.717) is 24.2 Å². The lowest BCUT2D eigenvalue weighted by atomic mass is 9.92. The molecule has 0 saturated heterocycles. The van der Waals surface area contributed by atoms with Crippen LogP contribution in [0, 0.1) is 16.7 Å². The summed E-state index contributed by atoms with van der Waals surface area (Å²) in [6.45, 7) is 9.58. The van der Waals surface area contributed by atoms with Gasteiger partial charge in [-0.25, -0.2) is 0 Å². The number of amides is 2. The number of nitrogens with zero attached hydrogens (tertiary/aromatic N) is 4. The Labute approximate surface area is 165 Å². The molecular formula is C21H26N4O3. The van der Waals surface area contributed by atoms with Crippen molar-refractivity contribution >= 4 is 17.5 Å². The SMILES string of the molecule is CCC(CC)N1C(=O)c2cccc(N=N/C(C#N)=C(\OC)C(C)(C)C)c2C1=O. The van der Waals surface area contributed by atoms with Gasteiger partial charge in [0.15, 0.2) is 0 Å². The van der Waals surface area contributed by atoms with Gasteiger partial charge in [0.1, 0.15) is 11.8 Å². The Kier molecular flexibility index (Phi) is 6.34. The molecule has 1 aromatic rings. The van der Waals surface area contributed by atoms with Gasteiger partial charge < -0.3 is 4.74 Å². The van der Waals surface area contributed by atoms with Crippen molar-refractivity contribution in [1.29, 1.82) is 5.26 Å². The predicted molar refractivity (Wildman–Crippen MR) is 105 cm³/mol. The fourth-order valence-electron chi connectivity index (χ4n) is 3.33. The fourth-order valence-corrected chi connectivity index (χ4v) is 3.33. The first-order valence-corrected chi connectivity index (χ1v) is 9.32. The van der Waals surface area contributed by atoms with E-state index in [1.165, 1.54) is 12.0 Å². The molecule has 7 heteroatoms. The lowest BCUT2D eigenvalue weighted by Gasteiger charge is -2.23. The smallest absolute Gasteiger partial charge is 0.264 e. The van der Waals surface area contributed by atoms with Crippen LogP contribution in [0.3, 0.4) is 0 Å². The average molecular weight is 382 g/mol. The van der Waals surface area contributed by atoms with Crippen LogP contribution in [0.1, 0.15) is 68.2 Å². The molecule has 0 fully saturated rings. The highest BCUT2D eigenvalue weighted by atomic mass is 16.5. The van der Waals surface area contributed by atoms with Gasteiger partial charge in [-0.3, -0.25) is 14.5 Å². The second-order valence-electron chi connectivity index (χ2n) is 7.59. The van der Waals surface area contributed by atoms with E-state index in [4.69, 9.17) is 4.74 Å². The molecule has 148 valence electrons. The molecule has 0 spiro atoms. The summed E-state index contributed by atoms with van der Waals surface area (Å²) in [5.41, 5.74) is 0.409. The first-order valence-electron chi connectivity index (χ1n) is 9.32. The molecule has 2 rings (SSSR count). The number of carbonyl (C=O) groups is 2. The van der Waals surface area contributed by atoms with Crippen molar-refractivity contribution in [3.8, 4) is 6.07 Å². The highest BCUT2D eigenvalue weighted by Crippen LogP contribution is 2.35. The Morgan fingerprint density at radius 3 is 2.36 bits per heavy atom. The van der Waals surface area contributed by atoms with Gasteiger partial charge in [0, 0.05) is 11.5 Å². The number of hydrogen-bond acceptors (Lipinski definition) is 6. The summed E-state index contributed by atoms with van der Waals surface area (Å²) in [7, 11) is 1.48. The number of methoxy groups -OCH3 is 1. The molecule has 28 heavy (non-hydrogen) atoms. The maximum absolute atomic E-state index is 13.0. The summed E-state index contributed by atoms with van der Waals surface area (Å²) in [4.78, 5) is 27.0. The van der Waals surface area contributed by atoms with Crippen molar-refractivity contribution in [2.45, 2.75) is 53.5 Å². The Bertz CT molecular complexity index is 884. The lowest BCUT2D eigenvalue weighted by Crippen LogP contribution is -2.39. The van der Waals surface area contributed by atoms with Gasteiger partial charge in [-0.15, -0.1) is 10.2 Å². The van der Waals surface area contributed by atoms with Crippen molar-refractivity contribution in [3.63, 3.8) is 0 Å². The van der Waals surface area contributed by atoms with Gasteiger partial charge in [0.2, 0.25) is 5.70 Å². The van der Waals surface area contributed by atoms with Crippen LogP contribution in [0.15, 0.2) is 39.9 Å². The first-order chi connectivity index (χ1) is 13.2. The second-order valence-corrected chi connectivity index (χ2v) is 7.59. The normalized spacial score (nSPS) is 15.1. The summed E-state index contributed by atoms with van der Waals surface area (Å²) >= 11 is 0. The number of imide groups is 1. The fraction of sp³-hybridized carbons (Fsp3) is 0.476. The van der Waals surface area contributed by atoms with Gasteiger partial charge in [-0.05, 0) is 25.0 Å². The number of ether oxygens (including phenoxy) is 1. The predicted octanol–water partition coefficient (Wildman–Crippen LogP) is 4.98. The van der Waals surface area contributed by atoms with Crippen molar-refractivity contribution in [3.05, 3.63) is 40.8 Å². The van der Waals surface area contributed by atoms with E-state index < -0.39 is 5.41 Å². The number of fused-ring (bicyclic) bond motifs is 1. The molecule has 1 heterocycles. The molecule has 7 nitrogen and oxygen atoms in total. The second kappa shape index (κ2) is 8.34. The van der Waals surface area contributed by atoms with Crippen molar-refractivity contribution in [2.24, 2.45) is 15.6 Å². The summed E-state index contributed by atoms with van der Waals surface area (Å²) in [5, 5.41) is 17.6. The molecule has 1 aliphatic heterocycles. The molecule has 0 saturated carbocycles. The number of rotatable bonds is 6. The van der Waals surface area contributed by atoms with Crippen LogP contribution in [0.25, 0.3) is 0 Å². The molecule has 2 amide bonds. The number of nitriles is 1. The number of hydrogen-bond donors (Lipinski definition) is 0. The standard InChI is InChI=1S/C21H26N4O3/c1-7-13(8-2)25-19(26)14-10-9-11-15(17(14)20(25)27)23-24-16(12-22)18(28-6)21(3,4)5/h9-11,13H,7-8H2,1-6H3/b18-16-,24-23?. The van der Waals surface area contributed by atoms with Crippen LogP contribution in [0.4, 0.5) is 5.69 Å². The number of azo groups is 1. The van der Waals surface area contributed by atoms with Crippen LogP contribution >= 0.6 is 0 Å². The van der Waals surface area contributed by atoms with Crippen molar-refractivity contribution in [1.82, 2.24) is 4.90 Å². The van der Waals surface area contributed by atoms with Gasteiger partial charge in [0.25, 0.3) is 11.8 Å². The van der Waals surface area contributed by atoms with E-state index in [0.717, 1.165) is 0 Å². The zero-order valence-electron chi connectivity index (χ0n) is 17.2. The van der Waals surface area contributed by atoms with E-state index in [-0.39, 0.29) is 34.8 Å². The molecule has 0 aliphatic carbocycles. The highest BCUT2D eigenvalue weighted by molar-refractivity contribution is 6.23. The Hall–Kier alpha value is -3.01. The van der Waals surface area contributed by atoms with Crippen LogP contribution in [-0.2, 0) is 4.74 Å². The van der Waals surface area contributed by atoms with Gasteiger partial charge in [-0.1, -0.05) is 40.7 Å². The molecule has 1 aliphatic rings. The molecule has 0 radical (unpaired) electrons. The monoisotopic (exact) mass is 382 g/mol. The van der Waals surface area contributed by atoms with Crippen LogP contribution in [0.5, 0.6) is 0 Å². The van der Waals surface area contributed by atoms with Crippen LogP contribution < -0.4 is 0 Å². The summed E-state index contributed by atoms with van der Waals surface area (Å²) in [5.74, 6) is -0.282. The minimum Gasteiger partial charge on any atom is -0.497 e. The summed E-state index contributed by atoms with van der Waals surface area (Å²) in [6.07, 6.45) is 1.37. The molecule has 0 unspecified atom stereocenters. The van der Waals surface area contributed by atoms with Crippen LogP contribution in [-0.4, -0.2) is 29.9 Å². The Morgan fingerprint density at radius 2 is 1.86 bits per heavy atom. The van der Waals surface area contributed by atoms with E-state index in [9.17, 15) is 14.9 Å². The number of allylic oxidation sites excluding steroid dienone is 2. The zero-order valence-corrected chi connectivity index (χ0v) is 17.2. The molecule has 0 N–H and O–H groups in total. The first kappa shape index (κ1) is 21.3. The molecule has 0 bridgehead atoms. The minimum atomic E-state index is -0.435. The third-order valence-electron chi connectivity index (χ3n) is 4.70. The quantitative estimate of drug-likeness (QED) is 0.300. The van der Waals surface area contributed by atoms with E-state index in [1.807, 2.05) is 40.7 Å². The third-order valence-corrected chi connectivity index (χ3v) is 4.70. The van der Waals surface area contributed by atoms with Crippen LogP contribution in [0.2, 0.25) is 0 Å². The number of carbonyl (C=O) groups excluding carboxylic acids is 2. The Morgan fingerprint density at radius 1 is 1.21 bits per heavy atom. The maximum atomic E-state index is 13.0. The van der Waals surface area contributed by atoms with Gasteiger partial charge in [0.05, 0.1) is 23.9 Å².